The molecule has 0 fully saturated rings. The fourth-order valence-electron chi connectivity index (χ4n) is 1.79. The van der Waals surface area contributed by atoms with Gasteiger partial charge in [-0.2, -0.15) is 0 Å². The Hall–Kier alpha value is -0.453. The van der Waals surface area contributed by atoms with E-state index in [4.69, 9.17) is 4.80 Å². The highest BCUT2D eigenvalue weighted by Crippen LogP contribution is 2.66. The lowest BCUT2D eigenvalue weighted by Crippen LogP contribution is -2.68. The first kappa shape index (κ1) is 20.5. The van der Waals surface area contributed by atoms with Crippen molar-refractivity contribution < 1.29 is 44.3 Å². The summed E-state index contributed by atoms with van der Waals surface area (Å²) in [6.07, 6.45) is -10.8. The Kier molecular flexibility index (Phi) is 5.85. The van der Waals surface area contributed by atoms with E-state index in [0.29, 0.717) is 0 Å². The van der Waals surface area contributed by atoms with Crippen LogP contribution in [0.3, 0.4) is 0 Å². The fraction of sp³-hybridized carbons (Fsp3) is 1.00. The molecule has 11 heteroatoms. The summed E-state index contributed by atoms with van der Waals surface area (Å²) in [5.41, 5.74) is 0. The van der Waals surface area contributed by atoms with E-state index in [1.165, 1.54) is 0 Å². The first-order valence-electron chi connectivity index (χ1n) is 5.61. The maximum Gasteiger partial charge on any atom is 0.295 e. The second-order valence-electron chi connectivity index (χ2n) is 4.58. The zero-order chi connectivity index (χ0) is 17.4. The van der Waals surface area contributed by atoms with Gasteiger partial charge in [-0.3, -0.25) is 0 Å². The van der Waals surface area contributed by atoms with E-state index in [0.717, 1.165) is 0 Å². The highest BCUT2D eigenvalue weighted by atomic mass is 28.2. The van der Waals surface area contributed by atoms with Gasteiger partial charge in [-0.05, 0) is 20.8 Å². The van der Waals surface area contributed by atoms with Gasteiger partial charge in [-0.25, -0.2) is 39.5 Å². The van der Waals surface area contributed by atoms with Gasteiger partial charge in [0, 0.05) is 0 Å². The van der Waals surface area contributed by atoms with Crippen LogP contribution in [0.25, 0.3) is 0 Å². The van der Waals surface area contributed by atoms with Gasteiger partial charge in [-0.15, -0.1) is 0 Å². The molecule has 0 bridgehead atoms. The van der Waals surface area contributed by atoms with E-state index in [1.807, 2.05) is 0 Å². The zero-order valence-electron chi connectivity index (χ0n) is 11.1. The van der Waals surface area contributed by atoms with Crippen molar-refractivity contribution in [3.8, 4) is 0 Å². The van der Waals surface area contributed by atoms with Crippen molar-refractivity contribution in [3.05, 3.63) is 0 Å². The standard InChI is InChI=1S/C10H13F9OSi/c1-4(11)7(14,15)10(21-20,8(16,17)5(2)12)9(18,19)6(3)13/h4-6,20H,1-3H3. The average molecular weight is 348 g/mol. The molecule has 1 nitrogen and oxygen atoms in total. The number of hydrogen-bond acceptors (Lipinski definition) is 1. The van der Waals surface area contributed by atoms with Gasteiger partial charge < -0.3 is 4.80 Å². The third kappa shape index (κ3) is 2.66. The topological polar surface area (TPSA) is 20.2 Å². The van der Waals surface area contributed by atoms with Crippen molar-refractivity contribution in [2.24, 2.45) is 0 Å². The Morgan fingerprint density at radius 3 is 0.952 bits per heavy atom. The molecule has 0 saturated carbocycles. The Balaban J connectivity index is 6.64. The molecule has 1 N–H and O–H groups in total. The minimum absolute atomic E-state index is 0.0210. The van der Waals surface area contributed by atoms with Crippen LogP contribution in [0.4, 0.5) is 39.5 Å². The molecule has 0 heterocycles. The van der Waals surface area contributed by atoms with Crippen LogP contribution in [-0.4, -0.2) is 50.8 Å². The molecule has 3 atom stereocenters. The predicted octanol–water partition coefficient (Wildman–Crippen LogP) is 3.74. The fourth-order valence-corrected chi connectivity index (χ4v) is 2.83. The highest BCUT2D eigenvalue weighted by Gasteiger charge is 2.83. The van der Waals surface area contributed by atoms with Crippen LogP contribution in [-0.2, 0) is 0 Å². The normalized spacial score (nSPS) is 21.6. The van der Waals surface area contributed by atoms with E-state index in [2.05, 4.69) is 0 Å². The summed E-state index contributed by atoms with van der Waals surface area (Å²) in [6, 6.07) is 0. The Labute approximate surface area is 117 Å². The SMILES string of the molecule is CC(F)C(F)(F)C([Si]O)(C(F)(F)C(C)F)C(F)(F)C(C)F. The van der Waals surface area contributed by atoms with Gasteiger partial charge in [0.05, 0.1) is 0 Å². The smallest absolute Gasteiger partial charge is 0.295 e. The lowest BCUT2D eigenvalue weighted by molar-refractivity contribution is -0.288. The van der Waals surface area contributed by atoms with Gasteiger partial charge in [0.15, 0.2) is 23.6 Å². The molecule has 0 saturated heterocycles. The lowest BCUT2D eigenvalue weighted by Gasteiger charge is -2.48. The molecule has 126 valence electrons. The second kappa shape index (κ2) is 5.97. The van der Waals surface area contributed by atoms with E-state index >= 15 is 0 Å². The summed E-state index contributed by atoms with van der Waals surface area (Å²) in [5, 5.41) is -5.25. The molecule has 0 amide bonds. The zero-order valence-corrected chi connectivity index (χ0v) is 12.1. The minimum atomic E-state index is -5.59. The number of alkyl halides is 9. The Morgan fingerprint density at radius 1 is 0.667 bits per heavy atom. The molecular weight excluding hydrogens is 335 g/mol. The molecule has 2 radical (unpaired) electrons. The summed E-state index contributed by atoms with van der Waals surface area (Å²) in [5.74, 6) is -16.8. The van der Waals surface area contributed by atoms with E-state index in [-0.39, 0.29) is 20.8 Å². The van der Waals surface area contributed by atoms with Gasteiger partial charge in [0.1, 0.15) is 0 Å². The minimum Gasteiger partial charge on any atom is -0.431 e. The van der Waals surface area contributed by atoms with E-state index in [9.17, 15) is 39.5 Å². The van der Waals surface area contributed by atoms with Crippen molar-refractivity contribution in [2.45, 2.75) is 62.1 Å². The molecule has 0 rings (SSSR count). The summed E-state index contributed by atoms with van der Waals surface area (Å²) in [7, 11) is -3.02. The highest BCUT2D eigenvalue weighted by molar-refractivity contribution is 6.32. The van der Waals surface area contributed by atoms with Crippen molar-refractivity contribution >= 4 is 9.76 Å². The largest absolute Gasteiger partial charge is 0.431 e. The van der Waals surface area contributed by atoms with Crippen LogP contribution >= 0.6 is 0 Å². The molecule has 3 unspecified atom stereocenters. The Morgan fingerprint density at radius 2 is 0.857 bits per heavy atom. The third-order valence-corrected chi connectivity index (χ3v) is 4.50. The first-order chi connectivity index (χ1) is 9.14. The average Bonchev–Trinajstić information content (AvgIpc) is 2.28. The van der Waals surface area contributed by atoms with Gasteiger partial charge in [0.25, 0.3) is 27.5 Å². The summed E-state index contributed by atoms with van der Waals surface area (Å²) >= 11 is 0. The predicted molar refractivity (Wildman–Crippen MR) is 57.2 cm³/mol. The van der Waals surface area contributed by atoms with Crippen LogP contribution in [0.2, 0.25) is 5.04 Å². The van der Waals surface area contributed by atoms with Crippen LogP contribution in [0.15, 0.2) is 0 Å². The molecule has 21 heavy (non-hydrogen) atoms. The molecule has 0 aliphatic heterocycles. The molecule has 0 aromatic heterocycles. The number of hydrogen-bond donors (Lipinski definition) is 1. The quantitative estimate of drug-likeness (QED) is 0.549. The van der Waals surface area contributed by atoms with E-state index in [1.54, 1.807) is 0 Å². The number of rotatable bonds is 7. The van der Waals surface area contributed by atoms with Crippen LogP contribution in [0, 0.1) is 0 Å². The molecule has 0 aromatic rings. The van der Waals surface area contributed by atoms with Crippen LogP contribution in [0.5, 0.6) is 0 Å². The van der Waals surface area contributed by atoms with Crippen LogP contribution < -0.4 is 0 Å². The molecule has 0 aliphatic rings. The van der Waals surface area contributed by atoms with Gasteiger partial charge in [0.2, 0.25) is 0 Å². The summed E-state index contributed by atoms with van der Waals surface area (Å²) < 4.78 is 121. The van der Waals surface area contributed by atoms with Crippen LogP contribution in [0.1, 0.15) is 20.8 Å². The van der Waals surface area contributed by atoms with Crippen molar-refractivity contribution in [1.29, 1.82) is 0 Å². The van der Waals surface area contributed by atoms with Crippen molar-refractivity contribution in [2.75, 3.05) is 0 Å². The summed E-state index contributed by atoms with van der Waals surface area (Å²) in [4.78, 5) is 8.82. The van der Waals surface area contributed by atoms with Crippen molar-refractivity contribution in [3.63, 3.8) is 0 Å². The molecule has 0 spiro atoms. The maximum atomic E-state index is 13.8. The summed E-state index contributed by atoms with van der Waals surface area (Å²) in [6.45, 7) is -0.0630. The van der Waals surface area contributed by atoms with Crippen molar-refractivity contribution in [1.82, 2.24) is 0 Å². The molecule has 0 aliphatic carbocycles. The lowest BCUT2D eigenvalue weighted by atomic mass is 9.80. The maximum absolute atomic E-state index is 13.8. The van der Waals surface area contributed by atoms with E-state index < -0.39 is 51.1 Å². The monoisotopic (exact) mass is 348 g/mol. The van der Waals surface area contributed by atoms with Gasteiger partial charge in [-0.1, -0.05) is 0 Å². The second-order valence-corrected chi connectivity index (χ2v) is 5.55. The Bertz CT molecular complexity index is 306. The molecular formula is C10H13F9OSi. The van der Waals surface area contributed by atoms with Gasteiger partial charge >= 0.3 is 0 Å². The first-order valence-corrected chi connectivity index (χ1v) is 6.56. The molecule has 0 aromatic carbocycles. The third-order valence-electron chi connectivity index (χ3n) is 3.17. The number of halogens is 9.